The van der Waals surface area contributed by atoms with Gasteiger partial charge in [0.15, 0.2) is 0 Å². The number of aromatic nitrogens is 4. The van der Waals surface area contributed by atoms with E-state index in [2.05, 4.69) is 25.8 Å². The molecule has 1 heterocycles. The van der Waals surface area contributed by atoms with Crippen LogP contribution in [-0.2, 0) is 0 Å². The first kappa shape index (κ1) is 11.4. The van der Waals surface area contributed by atoms with Crippen molar-refractivity contribution in [1.29, 1.82) is 0 Å². The molecule has 0 aliphatic heterocycles. The Morgan fingerprint density at radius 2 is 2.19 bits per heavy atom. The van der Waals surface area contributed by atoms with Crippen molar-refractivity contribution in [3.8, 4) is 0 Å². The van der Waals surface area contributed by atoms with E-state index in [9.17, 15) is 0 Å². The van der Waals surface area contributed by atoms with E-state index in [0.29, 0.717) is 5.16 Å². The molecule has 1 saturated carbocycles. The first-order valence-electron chi connectivity index (χ1n) is 5.51. The second-order valence-electron chi connectivity index (χ2n) is 3.85. The minimum Gasteiger partial charge on any atom is -0.411 e. The van der Waals surface area contributed by atoms with Crippen molar-refractivity contribution >= 4 is 17.5 Å². The van der Waals surface area contributed by atoms with Crippen molar-refractivity contribution < 1.29 is 5.21 Å². The highest BCUT2D eigenvalue weighted by Gasteiger charge is 2.21. The molecular formula is C9H15N5OS. The first-order valence-corrected chi connectivity index (χ1v) is 6.39. The number of rotatable bonds is 2. The Bertz CT molecular complexity index is 340. The highest BCUT2D eigenvalue weighted by molar-refractivity contribution is 8.00. The summed E-state index contributed by atoms with van der Waals surface area (Å²) in [5.41, 5.74) is 0.856. The van der Waals surface area contributed by atoms with Crippen LogP contribution in [0.2, 0.25) is 0 Å². The molecular weight excluding hydrogens is 226 g/mol. The molecule has 0 radical (unpaired) electrons. The molecule has 1 fully saturated rings. The standard InChI is InChI=1S/C9H15N5OS/c15-12-7-5-3-1-2-4-6-8(7)16-9-10-13-14-11-9/h8,15H,1-6H2,(H,10,11,13,14)/b12-7-. The number of nitrogens with one attached hydrogen (secondary N) is 1. The van der Waals surface area contributed by atoms with Crippen molar-refractivity contribution in [2.75, 3.05) is 0 Å². The Morgan fingerprint density at radius 3 is 2.94 bits per heavy atom. The quantitative estimate of drug-likeness (QED) is 0.609. The highest BCUT2D eigenvalue weighted by Crippen LogP contribution is 2.28. The molecule has 0 spiro atoms. The lowest BCUT2D eigenvalue weighted by molar-refractivity contribution is 0.315. The molecule has 1 aliphatic rings. The molecule has 6 nitrogen and oxygen atoms in total. The third-order valence-electron chi connectivity index (χ3n) is 2.72. The lowest BCUT2D eigenvalue weighted by Crippen LogP contribution is -2.19. The van der Waals surface area contributed by atoms with E-state index in [1.807, 2.05) is 0 Å². The number of hydrogen-bond acceptors (Lipinski definition) is 6. The minimum atomic E-state index is 0.183. The van der Waals surface area contributed by atoms with E-state index in [4.69, 9.17) is 5.21 Å². The molecule has 1 aliphatic carbocycles. The molecule has 1 unspecified atom stereocenters. The van der Waals surface area contributed by atoms with Crippen LogP contribution in [0.4, 0.5) is 0 Å². The van der Waals surface area contributed by atoms with E-state index >= 15 is 0 Å². The zero-order chi connectivity index (χ0) is 11.2. The molecule has 88 valence electrons. The van der Waals surface area contributed by atoms with Gasteiger partial charge in [0.05, 0.1) is 11.0 Å². The predicted octanol–water partition coefficient (Wildman–Crippen LogP) is 1.84. The summed E-state index contributed by atoms with van der Waals surface area (Å²) in [5, 5.41) is 27.0. The van der Waals surface area contributed by atoms with Crippen LogP contribution in [-0.4, -0.2) is 36.8 Å². The van der Waals surface area contributed by atoms with Gasteiger partial charge in [0.1, 0.15) is 0 Å². The maximum atomic E-state index is 9.02. The summed E-state index contributed by atoms with van der Waals surface area (Å²) in [6.45, 7) is 0. The van der Waals surface area contributed by atoms with Crippen LogP contribution in [0, 0.1) is 0 Å². The Morgan fingerprint density at radius 1 is 1.31 bits per heavy atom. The second kappa shape index (κ2) is 5.83. The fourth-order valence-electron chi connectivity index (χ4n) is 1.89. The van der Waals surface area contributed by atoms with Gasteiger partial charge < -0.3 is 5.21 Å². The maximum absolute atomic E-state index is 9.02. The van der Waals surface area contributed by atoms with Gasteiger partial charge in [0.2, 0.25) is 5.16 Å². The van der Waals surface area contributed by atoms with E-state index in [-0.39, 0.29) is 5.25 Å². The van der Waals surface area contributed by atoms with Gasteiger partial charge in [-0.05, 0) is 24.5 Å². The normalized spacial score (nSPS) is 25.2. The van der Waals surface area contributed by atoms with Crippen molar-refractivity contribution in [1.82, 2.24) is 20.6 Å². The largest absolute Gasteiger partial charge is 0.411 e. The van der Waals surface area contributed by atoms with E-state index < -0.39 is 0 Å². The predicted molar refractivity (Wildman–Crippen MR) is 60.7 cm³/mol. The maximum Gasteiger partial charge on any atom is 0.231 e. The third-order valence-corrected chi connectivity index (χ3v) is 3.90. The highest BCUT2D eigenvalue weighted by atomic mass is 32.2. The van der Waals surface area contributed by atoms with Crippen LogP contribution in [0.1, 0.15) is 38.5 Å². The molecule has 0 aromatic carbocycles. The van der Waals surface area contributed by atoms with Crippen molar-refractivity contribution in [2.45, 2.75) is 48.9 Å². The average molecular weight is 241 g/mol. The topological polar surface area (TPSA) is 87.0 Å². The fraction of sp³-hybridized carbons (Fsp3) is 0.778. The first-order chi connectivity index (χ1) is 7.90. The third kappa shape index (κ3) is 2.94. The molecule has 1 atom stereocenters. The number of oxime groups is 1. The van der Waals surface area contributed by atoms with Gasteiger partial charge in [-0.1, -0.05) is 36.2 Å². The van der Waals surface area contributed by atoms with Gasteiger partial charge in [-0.3, -0.25) is 0 Å². The Labute approximate surface area is 97.9 Å². The minimum absolute atomic E-state index is 0.183. The molecule has 0 saturated heterocycles. The number of H-pyrrole nitrogens is 1. The van der Waals surface area contributed by atoms with Gasteiger partial charge >= 0.3 is 0 Å². The number of thioether (sulfide) groups is 1. The van der Waals surface area contributed by atoms with Gasteiger partial charge in [0, 0.05) is 0 Å². The van der Waals surface area contributed by atoms with Crippen molar-refractivity contribution in [3.05, 3.63) is 0 Å². The smallest absolute Gasteiger partial charge is 0.231 e. The zero-order valence-electron chi connectivity index (χ0n) is 8.96. The summed E-state index contributed by atoms with van der Waals surface area (Å²) in [5.74, 6) is 0. The van der Waals surface area contributed by atoms with Crippen LogP contribution in [0.5, 0.6) is 0 Å². The summed E-state index contributed by atoms with van der Waals surface area (Å²) in [6, 6.07) is 0. The molecule has 0 bridgehead atoms. The molecule has 7 heteroatoms. The van der Waals surface area contributed by atoms with Crippen LogP contribution >= 0.6 is 11.8 Å². The van der Waals surface area contributed by atoms with Gasteiger partial charge in [0.25, 0.3) is 0 Å². The van der Waals surface area contributed by atoms with Gasteiger partial charge in [-0.15, -0.1) is 10.2 Å². The molecule has 1 aromatic heterocycles. The summed E-state index contributed by atoms with van der Waals surface area (Å²) in [6.07, 6.45) is 6.61. The molecule has 0 amide bonds. The Balaban J connectivity index is 2.02. The number of aromatic amines is 1. The van der Waals surface area contributed by atoms with E-state index in [1.165, 1.54) is 24.6 Å². The Hall–Kier alpha value is -1.11. The monoisotopic (exact) mass is 241 g/mol. The van der Waals surface area contributed by atoms with Crippen LogP contribution in [0.15, 0.2) is 10.3 Å². The van der Waals surface area contributed by atoms with Crippen LogP contribution in [0.25, 0.3) is 0 Å². The van der Waals surface area contributed by atoms with Crippen molar-refractivity contribution in [2.24, 2.45) is 5.16 Å². The summed E-state index contributed by atoms with van der Waals surface area (Å²) in [4.78, 5) is 0. The van der Waals surface area contributed by atoms with Crippen LogP contribution < -0.4 is 0 Å². The van der Waals surface area contributed by atoms with E-state index in [1.54, 1.807) is 0 Å². The zero-order valence-corrected chi connectivity index (χ0v) is 9.78. The van der Waals surface area contributed by atoms with Gasteiger partial charge in [-0.2, -0.15) is 5.21 Å². The lowest BCUT2D eigenvalue weighted by Gasteiger charge is -2.18. The summed E-state index contributed by atoms with van der Waals surface area (Å²) >= 11 is 1.52. The SMILES string of the molecule is O/N=C1/CCCCCCC1Sc1nn[nH]n1. The molecule has 2 rings (SSSR count). The molecule has 1 aromatic rings. The Kier molecular flexibility index (Phi) is 4.15. The van der Waals surface area contributed by atoms with Gasteiger partial charge in [-0.25, -0.2) is 0 Å². The summed E-state index contributed by atoms with van der Waals surface area (Å²) < 4.78 is 0. The van der Waals surface area contributed by atoms with Crippen LogP contribution in [0.3, 0.4) is 0 Å². The number of hydrogen-bond donors (Lipinski definition) is 2. The molecule has 16 heavy (non-hydrogen) atoms. The lowest BCUT2D eigenvalue weighted by atomic mass is 9.99. The van der Waals surface area contributed by atoms with E-state index in [0.717, 1.165) is 31.4 Å². The summed E-state index contributed by atoms with van der Waals surface area (Å²) in [7, 11) is 0. The second-order valence-corrected chi connectivity index (χ2v) is 5.01. The number of nitrogens with zero attached hydrogens (tertiary/aromatic N) is 4. The average Bonchev–Trinajstić information content (AvgIpc) is 2.75. The number of tetrazole rings is 1. The van der Waals surface area contributed by atoms with Crippen molar-refractivity contribution in [3.63, 3.8) is 0 Å². The fourth-order valence-corrected chi connectivity index (χ4v) is 2.91. The molecule has 2 N–H and O–H groups in total.